The van der Waals surface area contributed by atoms with E-state index < -0.39 is 22.1 Å². The van der Waals surface area contributed by atoms with Gasteiger partial charge < -0.3 is 9.47 Å². The summed E-state index contributed by atoms with van der Waals surface area (Å²) >= 11 is 0. The van der Waals surface area contributed by atoms with Crippen LogP contribution in [0.1, 0.15) is 6.42 Å². The van der Waals surface area contributed by atoms with Crippen LogP contribution in [0.15, 0.2) is 30.3 Å². The predicted octanol–water partition coefficient (Wildman–Crippen LogP) is 1.39. The van der Waals surface area contributed by atoms with Gasteiger partial charge >= 0.3 is 6.16 Å². The fourth-order valence-corrected chi connectivity index (χ4v) is 3.19. The molecule has 1 fully saturated rings. The molecular weight excluding hydrogens is 244 g/mol. The minimum atomic E-state index is -3.05. The number of benzene rings is 1. The second-order valence-corrected chi connectivity index (χ2v) is 6.04. The summed E-state index contributed by atoms with van der Waals surface area (Å²) in [6.07, 6.45) is -1.11. The minimum Gasteiger partial charge on any atom is -0.430 e. The molecule has 1 atom stereocenters. The monoisotopic (exact) mass is 256 g/mol. The van der Waals surface area contributed by atoms with Crippen molar-refractivity contribution in [1.29, 1.82) is 0 Å². The van der Waals surface area contributed by atoms with Crippen LogP contribution in [0.2, 0.25) is 0 Å². The smallest absolute Gasteiger partial charge is 0.430 e. The molecule has 1 aromatic rings. The second kappa shape index (κ2) is 4.75. The zero-order valence-corrected chi connectivity index (χ0v) is 9.85. The Bertz CT molecular complexity index is 494. The summed E-state index contributed by atoms with van der Waals surface area (Å²) in [6.45, 7) is 0. The van der Waals surface area contributed by atoms with Crippen molar-refractivity contribution in [2.45, 2.75) is 12.5 Å². The van der Waals surface area contributed by atoms with Gasteiger partial charge in [-0.3, -0.25) is 0 Å². The van der Waals surface area contributed by atoms with Gasteiger partial charge in [0.1, 0.15) is 11.9 Å². The molecule has 1 aromatic carbocycles. The molecule has 0 bridgehead atoms. The summed E-state index contributed by atoms with van der Waals surface area (Å²) < 4.78 is 32.1. The summed E-state index contributed by atoms with van der Waals surface area (Å²) in [5.74, 6) is 0.325. The fourth-order valence-electron chi connectivity index (χ4n) is 1.60. The lowest BCUT2D eigenvalue weighted by molar-refractivity contribution is 0.0686. The molecule has 0 N–H and O–H groups in total. The van der Waals surface area contributed by atoms with Gasteiger partial charge in [-0.15, -0.1) is 0 Å². The minimum absolute atomic E-state index is 0.0658. The number of para-hydroxylation sites is 1. The quantitative estimate of drug-likeness (QED) is 0.590. The van der Waals surface area contributed by atoms with Crippen molar-refractivity contribution in [3.05, 3.63) is 30.3 Å². The van der Waals surface area contributed by atoms with Gasteiger partial charge in [0.25, 0.3) is 0 Å². The molecule has 1 saturated heterocycles. The van der Waals surface area contributed by atoms with Crippen molar-refractivity contribution in [2.75, 3.05) is 11.5 Å². The largest absolute Gasteiger partial charge is 0.514 e. The lowest BCUT2D eigenvalue weighted by atomic mass is 10.3. The van der Waals surface area contributed by atoms with Crippen LogP contribution in [0.5, 0.6) is 5.75 Å². The molecule has 1 aliphatic heterocycles. The van der Waals surface area contributed by atoms with Crippen LogP contribution in [-0.2, 0) is 14.6 Å². The Balaban J connectivity index is 1.87. The number of rotatable bonds is 2. The first-order valence-electron chi connectivity index (χ1n) is 5.19. The van der Waals surface area contributed by atoms with Gasteiger partial charge in [-0.05, 0) is 18.6 Å². The Kier molecular flexibility index (Phi) is 3.33. The van der Waals surface area contributed by atoms with E-state index in [0.29, 0.717) is 12.2 Å². The molecule has 92 valence electrons. The summed E-state index contributed by atoms with van der Waals surface area (Å²) in [4.78, 5) is 11.3. The van der Waals surface area contributed by atoms with Crippen LogP contribution in [0, 0.1) is 0 Å². The van der Waals surface area contributed by atoms with E-state index >= 15 is 0 Å². The fraction of sp³-hybridized carbons (Fsp3) is 0.364. The van der Waals surface area contributed by atoms with Gasteiger partial charge in [-0.25, -0.2) is 13.2 Å². The second-order valence-electron chi connectivity index (χ2n) is 3.81. The number of hydrogen-bond donors (Lipinski definition) is 0. The molecule has 0 aromatic heterocycles. The molecule has 17 heavy (non-hydrogen) atoms. The van der Waals surface area contributed by atoms with Crippen molar-refractivity contribution in [2.24, 2.45) is 0 Å². The summed E-state index contributed by atoms with van der Waals surface area (Å²) in [7, 11) is -3.05. The summed E-state index contributed by atoms with van der Waals surface area (Å²) in [5.41, 5.74) is 0. The molecular formula is C11H12O5S. The molecule has 0 aliphatic carbocycles. The van der Waals surface area contributed by atoms with E-state index in [-0.39, 0.29) is 11.5 Å². The van der Waals surface area contributed by atoms with Crippen molar-refractivity contribution >= 4 is 16.0 Å². The number of carbonyl (C=O) groups excluding carboxylic acids is 1. The topological polar surface area (TPSA) is 69.7 Å². The van der Waals surface area contributed by atoms with E-state index in [1.165, 1.54) is 0 Å². The van der Waals surface area contributed by atoms with Crippen molar-refractivity contribution in [3.8, 4) is 5.75 Å². The third-order valence-corrected chi connectivity index (χ3v) is 4.14. The lowest BCUT2D eigenvalue weighted by Crippen LogP contribution is -2.21. The molecule has 0 amide bonds. The predicted molar refractivity (Wildman–Crippen MR) is 60.6 cm³/mol. The van der Waals surface area contributed by atoms with E-state index in [9.17, 15) is 13.2 Å². The average Bonchev–Trinajstić information content (AvgIpc) is 2.59. The third-order valence-electron chi connectivity index (χ3n) is 2.40. The maximum atomic E-state index is 11.3. The first-order valence-corrected chi connectivity index (χ1v) is 7.01. The van der Waals surface area contributed by atoms with E-state index in [1.807, 2.05) is 0 Å². The normalized spacial score (nSPS) is 22.0. The van der Waals surface area contributed by atoms with Crippen LogP contribution < -0.4 is 4.74 Å². The Hall–Kier alpha value is -1.56. The van der Waals surface area contributed by atoms with Gasteiger partial charge in [0.05, 0.1) is 11.5 Å². The highest BCUT2D eigenvalue weighted by Crippen LogP contribution is 2.16. The van der Waals surface area contributed by atoms with Gasteiger partial charge in [-0.1, -0.05) is 18.2 Å². The van der Waals surface area contributed by atoms with Crippen LogP contribution in [0.3, 0.4) is 0 Å². The van der Waals surface area contributed by atoms with E-state index in [0.717, 1.165) is 0 Å². The summed E-state index contributed by atoms with van der Waals surface area (Å²) in [6, 6.07) is 8.48. The zero-order valence-electron chi connectivity index (χ0n) is 9.03. The molecule has 1 aliphatic rings. The standard InChI is InChI=1S/C11H12O5S/c12-11(15-9-4-2-1-3-5-9)16-10-6-7-17(13,14)8-10/h1-5,10H,6-8H2. The highest BCUT2D eigenvalue weighted by molar-refractivity contribution is 7.91. The lowest BCUT2D eigenvalue weighted by Gasteiger charge is -2.09. The van der Waals surface area contributed by atoms with Crippen molar-refractivity contribution in [3.63, 3.8) is 0 Å². The van der Waals surface area contributed by atoms with E-state index in [2.05, 4.69) is 0 Å². The van der Waals surface area contributed by atoms with Crippen LogP contribution in [0.25, 0.3) is 0 Å². The van der Waals surface area contributed by atoms with Crippen LogP contribution >= 0.6 is 0 Å². The Morgan fingerprint density at radius 1 is 1.24 bits per heavy atom. The molecule has 5 nitrogen and oxygen atoms in total. The number of hydrogen-bond acceptors (Lipinski definition) is 5. The summed E-state index contributed by atoms with van der Waals surface area (Å²) in [5, 5.41) is 0. The van der Waals surface area contributed by atoms with Gasteiger partial charge in [0.2, 0.25) is 0 Å². The molecule has 6 heteroatoms. The maximum Gasteiger partial charge on any atom is 0.514 e. The first kappa shape index (κ1) is 11.9. The Morgan fingerprint density at radius 2 is 1.94 bits per heavy atom. The van der Waals surface area contributed by atoms with Crippen LogP contribution in [0.4, 0.5) is 4.79 Å². The third kappa shape index (κ3) is 3.45. The zero-order chi connectivity index (χ0) is 12.3. The SMILES string of the molecule is O=C(Oc1ccccc1)OC1CCS(=O)(=O)C1. The molecule has 0 saturated carbocycles. The first-order chi connectivity index (χ1) is 8.05. The molecule has 1 unspecified atom stereocenters. The van der Waals surface area contributed by atoms with Crippen LogP contribution in [-0.4, -0.2) is 32.2 Å². The van der Waals surface area contributed by atoms with Gasteiger partial charge in [0, 0.05) is 0 Å². The van der Waals surface area contributed by atoms with Crippen molar-refractivity contribution < 1.29 is 22.7 Å². The Labute approximate surface area is 99.3 Å². The van der Waals surface area contributed by atoms with E-state index in [4.69, 9.17) is 9.47 Å². The average molecular weight is 256 g/mol. The highest BCUT2D eigenvalue weighted by atomic mass is 32.2. The molecule has 0 radical (unpaired) electrons. The molecule has 2 rings (SSSR count). The molecule has 0 spiro atoms. The number of sulfone groups is 1. The van der Waals surface area contributed by atoms with Gasteiger partial charge in [0.15, 0.2) is 9.84 Å². The maximum absolute atomic E-state index is 11.3. The number of carbonyl (C=O) groups is 1. The van der Waals surface area contributed by atoms with E-state index in [1.54, 1.807) is 30.3 Å². The molecule has 1 heterocycles. The number of ether oxygens (including phenoxy) is 2. The van der Waals surface area contributed by atoms with Crippen molar-refractivity contribution in [1.82, 2.24) is 0 Å². The van der Waals surface area contributed by atoms with Gasteiger partial charge in [-0.2, -0.15) is 0 Å². The highest BCUT2D eigenvalue weighted by Gasteiger charge is 2.31. The Morgan fingerprint density at radius 3 is 2.53 bits per heavy atom.